The van der Waals surface area contributed by atoms with Gasteiger partial charge in [0, 0.05) is 5.39 Å². The minimum absolute atomic E-state index is 0.222. The van der Waals surface area contributed by atoms with E-state index in [0.717, 1.165) is 10.8 Å². The van der Waals surface area contributed by atoms with Gasteiger partial charge in [-0.15, -0.1) is 0 Å². The molecule has 0 unspecified atom stereocenters. The average Bonchev–Trinajstić information content (AvgIpc) is 2.35. The summed E-state index contributed by atoms with van der Waals surface area (Å²) in [7, 11) is 0. The number of phenolic OH excluding ortho intramolecular Hbond substituents is 1. The third kappa shape index (κ3) is 4.23. The van der Waals surface area contributed by atoms with E-state index in [0.29, 0.717) is 10.4 Å². The van der Waals surface area contributed by atoms with E-state index in [-0.39, 0.29) is 5.75 Å². The molecule has 2 rings (SSSR count). The van der Waals surface area contributed by atoms with Gasteiger partial charge in [0.25, 0.3) is 0 Å². The molecule has 0 spiro atoms. The molecule has 0 saturated heterocycles. The van der Waals surface area contributed by atoms with Crippen LogP contribution in [0.1, 0.15) is 27.7 Å². The molecule has 0 aliphatic rings. The molecule has 0 amide bonds. The van der Waals surface area contributed by atoms with Crippen molar-refractivity contribution in [1.29, 1.82) is 0 Å². The average molecular weight is 299 g/mol. The molecule has 0 fully saturated rings. The summed E-state index contributed by atoms with van der Waals surface area (Å²) < 4.78 is 0.651. The van der Waals surface area contributed by atoms with E-state index in [1.165, 1.54) is 0 Å². The van der Waals surface area contributed by atoms with E-state index in [2.05, 4.69) is 20.9 Å². The van der Waals surface area contributed by atoms with Crippen LogP contribution in [0.15, 0.2) is 28.9 Å². The van der Waals surface area contributed by atoms with Gasteiger partial charge in [0.1, 0.15) is 16.2 Å². The number of rotatable bonds is 0. The second-order valence-corrected chi connectivity index (χ2v) is 3.49. The molecule has 2 aromatic rings. The summed E-state index contributed by atoms with van der Waals surface area (Å²) in [5, 5.41) is 11.1. The van der Waals surface area contributed by atoms with E-state index in [4.69, 9.17) is 5.73 Å². The van der Waals surface area contributed by atoms with Gasteiger partial charge in [0.2, 0.25) is 0 Å². The first kappa shape index (κ1) is 15.7. The topological polar surface area (TPSA) is 59.1 Å². The van der Waals surface area contributed by atoms with Crippen LogP contribution in [0.4, 0.5) is 5.82 Å². The number of fused-ring (bicyclic) bond motifs is 1. The van der Waals surface area contributed by atoms with Gasteiger partial charge in [0.05, 0.1) is 0 Å². The van der Waals surface area contributed by atoms with E-state index < -0.39 is 0 Å². The van der Waals surface area contributed by atoms with E-state index in [1.807, 2.05) is 27.7 Å². The van der Waals surface area contributed by atoms with Crippen LogP contribution in [0, 0.1) is 0 Å². The number of nitrogens with two attached hydrogens (primary N) is 1. The summed E-state index contributed by atoms with van der Waals surface area (Å²) in [6.45, 7) is 8.00. The van der Waals surface area contributed by atoms with Crippen LogP contribution in [0.5, 0.6) is 5.75 Å². The molecule has 0 radical (unpaired) electrons. The van der Waals surface area contributed by atoms with Crippen molar-refractivity contribution in [2.24, 2.45) is 0 Å². The van der Waals surface area contributed by atoms with Gasteiger partial charge >= 0.3 is 0 Å². The van der Waals surface area contributed by atoms with Crippen molar-refractivity contribution in [3.8, 4) is 5.75 Å². The van der Waals surface area contributed by atoms with Crippen LogP contribution in [-0.4, -0.2) is 10.1 Å². The minimum Gasteiger partial charge on any atom is -0.508 e. The molecule has 1 aromatic heterocycles. The van der Waals surface area contributed by atoms with Gasteiger partial charge in [-0.3, -0.25) is 0 Å². The molecular formula is C13H19BrN2O. The fourth-order valence-electron chi connectivity index (χ4n) is 1.21. The van der Waals surface area contributed by atoms with Gasteiger partial charge < -0.3 is 10.8 Å². The van der Waals surface area contributed by atoms with Crippen LogP contribution in [0.25, 0.3) is 10.8 Å². The molecule has 0 saturated carbocycles. The number of pyridine rings is 1. The maximum Gasteiger partial charge on any atom is 0.125 e. The summed E-state index contributed by atoms with van der Waals surface area (Å²) in [5.41, 5.74) is 5.56. The highest BCUT2D eigenvalue weighted by molar-refractivity contribution is 9.10. The predicted molar refractivity (Wildman–Crippen MR) is 78.2 cm³/mol. The van der Waals surface area contributed by atoms with Gasteiger partial charge in [0.15, 0.2) is 0 Å². The molecule has 0 aliphatic heterocycles. The molecule has 0 aliphatic carbocycles. The first-order valence-electron chi connectivity index (χ1n) is 5.71. The Bertz CT molecular complexity index is 472. The molecule has 4 heteroatoms. The Morgan fingerprint density at radius 1 is 1.12 bits per heavy atom. The maximum absolute atomic E-state index is 9.24. The highest BCUT2D eigenvalue weighted by atomic mass is 79.9. The second kappa shape index (κ2) is 7.90. The van der Waals surface area contributed by atoms with Gasteiger partial charge in [-0.1, -0.05) is 33.8 Å². The number of benzene rings is 1. The summed E-state index contributed by atoms with van der Waals surface area (Å²) in [6.07, 6.45) is 0. The van der Waals surface area contributed by atoms with Crippen molar-refractivity contribution < 1.29 is 5.11 Å². The van der Waals surface area contributed by atoms with Crippen molar-refractivity contribution in [1.82, 2.24) is 4.98 Å². The zero-order valence-corrected chi connectivity index (χ0v) is 12.2. The number of phenols is 1. The molecule has 0 atom stereocenters. The lowest BCUT2D eigenvalue weighted by atomic mass is 10.2. The maximum atomic E-state index is 9.24. The summed E-state index contributed by atoms with van der Waals surface area (Å²) in [6, 6.07) is 6.83. The van der Waals surface area contributed by atoms with Crippen LogP contribution in [0.2, 0.25) is 0 Å². The molecule has 0 bridgehead atoms. The van der Waals surface area contributed by atoms with Gasteiger partial charge in [-0.2, -0.15) is 0 Å². The van der Waals surface area contributed by atoms with Crippen molar-refractivity contribution in [2.45, 2.75) is 27.7 Å². The van der Waals surface area contributed by atoms with E-state index in [1.54, 1.807) is 24.3 Å². The van der Waals surface area contributed by atoms with Crippen molar-refractivity contribution in [3.05, 3.63) is 28.9 Å². The van der Waals surface area contributed by atoms with Gasteiger partial charge in [-0.25, -0.2) is 4.98 Å². The Morgan fingerprint density at radius 3 is 2.29 bits per heavy atom. The molecule has 1 heterocycles. The largest absolute Gasteiger partial charge is 0.508 e. The van der Waals surface area contributed by atoms with Crippen LogP contribution >= 0.6 is 15.9 Å². The monoisotopic (exact) mass is 298 g/mol. The summed E-state index contributed by atoms with van der Waals surface area (Å²) in [5.74, 6) is 0.685. The Labute approximate surface area is 111 Å². The van der Waals surface area contributed by atoms with Gasteiger partial charge in [-0.05, 0) is 39.5 Å². The molecule has 17 heavy (non-hydrogen) atoms. The fourth-order valence-corrected chi connectivity index (χ4v) is 1.76. The fraction of sp³-hybridized carbons (Fsp3) is 0.308. The predicted octanol–water partition coefficient (Wildman–Crippen LogP) is 4.34. The number of aromatic hydroxyl groups is 1. The Hall–Kier alpha value is -1.29. The SMILES string of the molecule is CC.CC.Nc1cc2ccc(O)cc2c(Br)n1. The lowest BCUT2D eigenvalue weighted by Crippen LogP contribution is -1.90. The van der Waals surface area contributed by atoms with Crippen molar-refractivity contribution in [2.75, 3.05) is 5.73 Å². The normalized spacial score (nSPS) is 8.76. The smallest absolute Gasteiger partial charge is 0.125 e. The highest BCUT2D eigenvalue weighted by Gasteiger charge is 2.02. The third-order valence-electron chi connectivity index (χ3n) is 1.79. The first-order chi connectivity index (χ1) is 8.16. The quantitative estimate of drug-likeness (QED) is 0.711. The Kier molecular flexibility index (Phi) is 7.30. The van der Waals surface area contributed by atoms with E-state index >= 15 is 0 Å². The number of nitrogen functional groups attached to an aromatic ring is 1. The summed E-state index contributed by atoms with van der Waals surface area (Å²) in [4.78, 5) is 4.03. The lowest BCUT2D eigenvalue weighted by Gasteiger charge is -2.02. The number of hydrogen-bond donors (Lipinski definition) is 2. The van der Waals surface area contributed by atoms with Crippen LogP contribution < -0.4 is 5.73 Å². The van der Waals surface area contributed by atoms with Crippen molar-refractivity contribution >= 4 is 32.5 Å². The zero-order chi connectivity index (χ0) is 13.4. The first-order valence-corrected chi connectivity index (χ1v) is 6.51. The summed E-state index contributed by atoms with van der Waals surface area (Å²) >= 11 is 3.28. The van der Waals surface area contributed by atoms with Crippen LogP contribution in [0.3, 0.4) is 0 Å². The molecule has 3 N–H and O–H groups in total. The zero-order valence-electron chi connectivity index (χ0n) is 10.7. The highest BCUT2D eigenvalue weighted by Crippen LogP contribution is 2.26. The molecule has 1 aromatic carbocycles. The number of halogens is 1. The van der Waals surface area contributed by atoms with Crippen LogP contribution in [-0.2, 0) is 0 Å². The number of nitrogens with zero attached hydrogens (tertiary/aromatic N) is 1. The minimum atomic E-state index is 0.222. The van der Waals surface area contributed by atoms with E-state index in [9.17, 15) is 5.11 Å². The number of aromatic nitrogens is 1. The Morgan fingerprint density at radius 2 is 1.71 bits per heavy atom. The third-order valence-corrected chi connectivity index (χ3v) is 2.39. The number of hydrogen-bond acceptors (Lipinski definition) is 3. The Balaban J connectivity index is 0.000000581. The number of anilines is 1. The molecule has 3 nitrogen and oxygen atoms in total. The standard InChI is InChI=1S/C9H7BrN2O.2C2H6/c10-9-7-4-6(13)2-1-5(7)3-8(11)12-9;2*1-2/h1-4,13H,(H2,11,12);2*1-2H3. The second-order valence-electron chi connectivity index (χ2n) is 2.74. The molecular weight excluding hydrogens is 280 g/mol. The van der Waals surface area contributed by atoms with Crippen molar-refractivity contribution in [3.63, 3.8) is 0 Å². The lowest BCUT2D eigenvalue weighted by molar-refractivity contribution is 0.476. The molecule has 94 valence electrons.